The van der Waals surface area contributed by atoms with Gasteiger partial charge < -0.3 is 0 Å². The SMILES string of the molecule is CC(C)C(Cc1ccccc1)N1CCCCC1C1CC1C(Cc1ccccc1)N1CCCCC1CCC(C)C(Cc1ccccc1)N1CCCCC1. The third kappa shape index (κ3) is 9.79. The van der Waals surface area contributed by atoms with Crippen LogP contribution in [0.15, 0.2) is 91.0 Å². The van der Waals surface area contributed by atoms with Crippen LogP contribution in [-0.4, -0.2) is 71.1 Å². The zero-order valence-corrected chi connectivity index (χ0v) is 33.1. The first-order chi connectivity index (χ1) is 25.5. The average molecular weight is 702 g/mol. The summed E-state index contributed by atoms with van der Waals surface area (Å²) in [5.74, 6) is 3.06. The smallest absolute Gasteiger partial charge is 0.0170 e. The minimum Gasteiger partial charge on any atom is -0.300 e. The van der Waals surface area contributed by atoms with Crippen molar-refractivity contribution in [2.75, 3.05) is 26.2 Å². The Morgan fingerprint density at radius 2 is 1.10 bits per heavy atom. The van der Waals surface area contributed by atoms with Gasteiger partial charge in [0.25, 0.3) is 0 Å². The molecule has 4 fully saturated rings. The van der Waals surface area contributed by atoms with Crippen molar-refractivity contribution in [2.24, 2.45) is 23.7 Å². The number of piperidine rings is 3. The van der Waals surface area contributed by atoms with E-state index in [2.05, 4.69) is 126 Å². The van der Waals surface area contributed by atoms with E-state index >= 15 is 0 Å². The van der Waals surface area contributed by atoms with Crippen LogP contribution in [0.1, 0.15) is 115 Å². The maximum absolute atomic E-state index is 3.11. The van der Waals surface area contributed by atoms with Crippen molar-refractivity contribution in [2.45, 2.75) is 147 Å². The van der Waals surface area contributed by atoms with Crippen molar-refractivity contribution in [3.05, 3.63) is 108 Å². The van der Waals surface area contributed by atoms with Crippen molar-refractivity contribution in [1.82, 2.24) is 14.7 Å². The van der Waals surface area contributed by atoms with E-state index in [1.54, 1.807) is 5.56 Å². The second kappa shape index (κ2) is 18.7. The van der Waals surface area contributed by atoms with Crippen LogP contribution < -0.4 is 0 Å². The van der Waals surface area contributed by atoms with Gasteiger partial charge in [0, 0.05) is 30.2 Å². The highest BCUT2D eigenvalue weighted by Gasteiger charge is 2.52. The van der Waals surface area contributed by atoms with Crippen LogP contribution in [0.2, 0.25) is 0 Å². The van der Waals surface area contributed by atoms with E-state index in [0.717, 1.165) is 29.8 Å². The van der Waals surface area contributed by atoms with E-state index in [1.165, 1.54) is 134 Å². The van der Waals surface area contributed by atoms with Crippen LogP contribution in [0.4, 0.5) is 0 Å². The van der Waals surface area contributed by atoms with Gasteiger partial charge in [0.2, 0.25) is 0 Å². The van der Waals surface area contributed by atoms with Crippen molar-refractivity contribution < 1.29 is 0 Å². The molecule has 0 amide bonds. The summed E-state index contributed by atoms with van der Waals surface area (Å²) in [5.41, 5.74) is 4.58. The van der Waals surface area contributed by atoms with Crippen molar-refractivity contribution in [1.29, 1.82) is 0 Å². The van der Waals surface area contributed by atoms with Crippen molar-refractivity contribution >= 4 is 0 Å². The molecule has 0 aromatic heterocycles. The first-order valence-corrected chi connectivity index (χ1v) is 21.9. The molecule has 3 heteroatoms. The summed E-state index contributed by atoms with van der Waals surface area (Å²) in [7, 11) is 0. The highest BCUT2D eigenvalue weighted by molar-refractivity contribution is 5.20. The Hall–Kier alpha value is -2.46. The molecule has 0 N–H and O–H groups in total. The average Bonchev–Trinajstić information content (AvgIpc) is 3.99. The van der Waals surface area contributed by atoms with Crippen LogP contribution in [0.25, 0.3) is 0 Å². The quantitative estimate of drug-likeness (QED) is 0.147. The van der Waals surface area contributed by atoms with E-state index in [9.17, 15) is 0 Å². The molecule has 282 valence electrons. The molecule has 4 aliphatic rings. The lowest BCUT2D eigenvalue weighted by Crippen LogP contribution is -2.52. The molecule has 3 aromatic rings. The molecule has 3 nitrogen and oxygen atoms in total. The molecule has 3 heterocycles. The fraction of sp³-hybridized carbons (Fsp3) is 0.633. The second-order valence-corrected chi connectivity index (χ2v) is 17.9. The molecule has 3 aromatic carbocycles. The summed E-state index contributed by atoms with van der Waals surface area (Å²) in [6.45, 7) is 12.7. The number of rotatable bonds is 16. The van der Waals surface area contributed by atoms with Gasteiger partial charge >= 0.3 is 0 Å². The molecule has 1 aliphatic carbocycles. The molecule has 8 atom stereocenters. The zero-order valence-electron chi connectivity index (χ0n) is 33.1. The summed E-state index contributed by atoms with van der Waals surface area (Å²) in [6, 6.07) is 37.8. The second-order valence-electron chi connectivity index (χ2n) is 17.9. The lowest BCUT2D eigenvalue weighted by Gasteiger charge is -2.46. The fourth-order valence-electron chi connectivity index (χ4n) is 11.1. The molecule has 3 saturated heterocycles. The predicted molar refractivity (Wildman–Crippen MR) is 221 cm³/mol. The Morgan fingerprint density at radius 1 is 0.558 bits per heavy atom. The van der Waals surface area contributed by atoms with Crippen LogP contribution in [0.3, 0.4) is 0 Å². The van der Waals surface area contributed by atoms with E-state index in [1.807, 2.05) is 0 Å². The topological polar surface area (TPSA) is 9.72 Å². The molecule has 3 aliphatic heterocycles. The molecule has 0 spiro atoms. The molecule has 52 heavy (non-hydrogen) atoms. The summed E-state index contributed by atoms with van der Waals surface area (Å²) >= 11 is 0. The lowest BCUT2D eigenvalue weighted by molar-refractivity contribution is 0.0368. The van der Waals surface area contributed by atoms with Gasteiger partial charge in [0.05, 0.1) is 0 Å². The maximum atomic E-state index is 3.11. The van der Waals surface area contributed by atoms with Crippen molar-refractivity contribution in [3.8, 4) is 0 Å². The number of hydrogen-bond donors (Lipinski definition) is 0. The van der Waals surface area contributed by atoms with Crippen LogP contribution in [0, 0.1) is 23.7 Å². The van der Waals surface area contributed by atoms with Crippen LogP contribution in [0.5, 0.6) is 0 Å². The van der Waals surface area contributed by atoms with Gasteiger partial charge in [-0.25, -0.2) is 0 Å². The van der Waals surface area contributed by atoms with Gasteiger partial charge in [-0.15, -0.1) is 0 Å². The Bertz CT molecular complexity index is 1440. The zero-order chi connectivity index (χ0) is 35.7. The van der Waals surface area contributed by atoms with Crippen molar-refractivity contribution in [3.63, 3.8) is 0 Å². The standard InChI is InChI=1S/C49H71N3/c1-38(2)47(34-40-20-8-4-9-21-40)52-33-19-15-27-46(52)44-37-45(44)49(36-42-24-12-6-13-25-42)51-32-18-14-26-43(51)29-28-39(3)48(50-30-16-7-17-31-50)35-41-22-10-5-11-23-41/h4-6,8-13,20-25,38-39,43-49H,7,14-19,26-37H2,1-3H3. The summed E-state index contributed by atoms with van der Waals surface area (Å²) in [4.78, 5) is 9.03. The fourth-order valence-corrected chi connectivity index (χ4v) is 11.1. The van der Waals surface area contributed by atoms with Crippen LogP contribution >= 0.6 is 0 Å². The number of hydrogen-bond acceptors (Lipinski definition) is 3. The molecule has 0 radical (unpaired) electrons. The lowest BCUT2D eigenvalue weighted by atomic mass is 9.84. The minimum atomic E-state index is 0.634. The molecular weight excluding hydrogens is 631 g/mol. The Balaban J connectivity index is 1.07. The van der Waals surface area contributed by atoms with E-state index in [-0.39, 0.29) is 0 Å². The number of nitrogens with zero attached hydrogens (tertiary/aromatic N) is 3. The van der Waals surface area contributed by atoms with E-state index in [4.69, 9.17) is 0 Å². The van der Waals surface area contributed by atoms with Gasteiger partial charge in [-0.05, 0) is 144 Å². The normalized spacial score (nSPS) is 27.2. The Labute approximate surface area is 318 Å². The number of benzene rings is 3. The third-order valence-electron chi connectivity index (χ3n) is 14.1. The molecular formula is C49H71N3. The maximum Gasteiger partial charge on any atom is 0.0170 e. The highest BCUT2D eigenvalue weighted by atomic mass is 15.2. The third-order valence-corrected chi connectivity index (χ3v) is 14.1. The van der Waals surface area contributed by atoms with E-state index in [0.29, 0.717) is 24.0 Å². The molecule has 1 saturated carbocycles. The van der Waals surface area contributed by atoms with Gasteiger partial charge in [0.1, 0.15) is 0 Å². The van der Waals surface area contributed by atoms with Gasteiger partial charge in [-0.2, -0.15) is 0 Å². The minimum absolute atomic E-state index is 0.634. The Morgan fingerprint density at radius 3 is 1.71 bits per heavy atom. The monoisotopic (exact) mass is 702 g/mol. The first-order valence-electron chi connectivity index (χ1n) is 21.9. The van der Waals surface area contributed by atoms with Gasteiger partial charge in [-0.3, -0.25) is 14.7 Å². The Kier molecular flexibility index (Phi) is 13.6. The highest BCUT2D eigenvalue weighted by Crippen LogP contribution is 2.51. The molecule has 8 unspecified atom stereocenters. The summed E-state index contributed by atoms with van der Waals surface area (Å²) in [6.07, 6.45) is 20.3. The summed E-state index contributed by atoms with van der Waals surface area (Å²) in [5, 5.41) is 0. The van der Waals surface area contributed by atoms with Crippen LogP contribution in [-0.2, 0) is 19.3 Å². The first kappa shape index (κ1) is 37.8. The molecule has 0 bridgehead atoms. The van der Waals surface area contributed by atoms with Gasteiger partial charge in [0.15, 0.2) is 0 Å². The predicted octanol–water partition coefficient (Wildman–Crippen LogP) is 10.7. The van der Waals surface area contributed by atoms with Gasteiger partial charge in [-0.1, -0.05) is 131 Å². The largest absolute Gasteiger partial charge is 0.300 e. The summed E-state index contributed by atoms with van der Waals surface area (Å²) < 4.78 is 0. The molecule has 7 rings (SSSR count). The number of likely N-dealkylation sites (tertiary alicyclic amines) is 3. The van der Waals surface area contributed by atoms with E-state index < -0.39 is 0 Å².